The largest absolute Gasteiger partial charge is 0.461 e. The van der Waals surface area contributed by atoms with Crippen molar-refractivity contribution < 1.29 is 19.1 Å². The smallest absolute Gasteiger partial charge is 0.412 e. The van der Waals surface area contributed by atoms with Gasteiger partial charge in [0.15, 0.2) is 5.69 Å². The summed E-state index contributed by atoms with van der Waals surface area (Å²) in [4.78, 5) is 28.5. The van der Waals surface area contributed by atoms with Gasteiger partial charge < -0.3 is 14.8 Å². The monoisotopic (exact) mass is 453 g/mol. The van der Waals surface area contributed by atoms with Crippen molar-refractivity contribution in [1.82, 2.24) is 10.3 Å². The molecule has 0 aliphatic rings. The molecule has 0 aliphatic carbocycles. The van der Waals surface area contributed by atoms with Gasteiger partial charge in [-0.1, -0.05) is 35.3 Å². The molecule has 162 valence electrons. The maximum absolute atomic E-state index is 12.2. The SMILES string of the molecule is CCOC(=O)c1ncc(CNCc2cccc(Cl)c2Cl)cc1NC(=O)OC(C)(C)C. The van der Waals surface area contributed by atoms with Gasteiger partial charge in [-0.05, 0) is 51.0 Å². The summed E-state index contributed by atoms with van der Waals surface area (Å²) in [7, 11) is 0. The molecular weight excluding hydrogens is 429 g/mol. The maximum atomic E-state index is 12.2. The number of rotatable bonds is 7. The van der Waals surface area contributed by atoms with Crippen LogP contribution in [-0.2, 0) is 22.6 Å². The first kappa shape index (κ1) is 23.9. The van der Waals surface area contributed by atoms with Crippen LogP contribution in [0, 0.1) is 0 Å². The Hall–Kier alpha value is -2.35. The van der Waals surface area contributed by atoms with Gasteiger partial charge in [0.1, 0.15) is 5.60 Å². The third kappa shape index (κ3) is 7.16. The highest BCUT2D eigenvalue weighted by atomic mass is 35.5. The first-order valence-electron chi connectivity index (χ1n) is 9.40. The van der Waals surface area contributed by atoms with Crippen LogP contribution in [0.2, 0.25) is 10.0 Å². The van der Waals surface area contributed by atoms with Crippen molar-refractivity contribution in [2.45, 2.75) is 46.4 Å². The van der Waals surface area contributed by atoms with E-state index >= 15 is 0 Å². The number of ether oxygens (including phenoxy) is 2. The minimum Gasteiger partial charge on any atom is -0.461 e. The Morgan fingerprint density at radius 1 is 1.17 bits per heavy atom. The number of benzene rings is 1. The molecule has 1 aromatic heterocycles. The maximum Gasteiger partial charge on any atom is 0.412 e. The lowest BCUT2D eigenvalue weighted by Gasteiger charge is -2.20. The molecule has 2 aromatic rings. The molecule has 0 atom stereocenters. The summed E-state index contributed by atoms with van der Waals surface area (Å²) in [6.07, 6.45) is 0.852. The molecule has 1 heterocycles. The van der Waals surface area contributed by atoms with E-state index < -0.39 is 17.7 Å². The Balaban J connectivity index is 2.15. The van der Waals surface area contributed by atoms with Gasteiger partial charge in [-0.3, -0.25) is 5.32 Å². The molecule has 0 fully saturated rings. The second-order valence-corrected chi connectivity index (χ2v) is 8.19. The summed E-state index contributed by atoms with van der Waals surface area (Å²) < 4.78 is 10.3. The van der Waals surface area contributed by atoms with Gasteiger partial charge in [0.05, 0.1) is 22.3 Å². The standard InChI is InChI=1S/C21H25Cl2N3O4/c1-5-29-19(27)18-16(26-20(28)30-21(2,3)4)9-13(11-25-18)10-24-12-14-7-6-8-15(22)17(14)23/h6-9,11,24H,5,10,12H2,1-4H3,(H,26,28). The first-order chi connectivity index (χ1) is 14.1. The lowest BCUT2D eigenvalue weighted by molar-refractivity contribution is 0.0521. The number of pyridine rings is 1. The summed E-state index contributed by atoms with van der Waals surface area (Å²) in [6, 6.07) is 7.07. The van der Waals surface area contributed by atoms with Crippen molar-refractivity contribution in [2.24, 2.45) is 0 Å². The molecule has 1 aromatic carbocycles. The highest BCUT2D eigenvalue weighted by Crippen LogP contribution is 2.25. The topological polar surface area (TPSA) is 89.5 Å². The fraction of sp³-hybridized carbons (Fsp3) is 0.381. The normalized spacial score (nSPS) is 11.1. The van der Waals surface area contributed by atoms with E-state index in [0.717, 1.165) is 11.1 Å². The Morgan fingerprint density at radius 2 is 1.90 bits per heavy atom. The van der Waals surface area contributed by atoms with Crippen molar-refractivity contribution in [3.63, 3.8) is 0 Å². The summed E-state index contributed by atoms with van der Waals surface area (Å²) in [5.41, 5.74) is 1.13. The average Bonchev–Trinajstić information content (AvgIpc) is 2.64. The first-order valence-corrected chi connectivity index (χ1v) is 10.2. The van der Waals surface area contributed by atoms with E-state index in [0.29, 0.717) is 23.1 Å². The molecule has 30 heavy (non-hydrogen) atoms. The number of halogens is 2. The third-order valence-electron chi connectivity index (χ3n) is 3.72. The second kappa shape index (κ2) is 10.6. The molecule has 0 saturated heterocycles. The fourth-order valence-electron chi connectivity index (χ4n) is 2.50. The number of anilines is 1. The van der Waals surface area contributed by atoms with Gasteiger partial charge in [0, 0.05) is 19.3 Å². The third-order valence-corrected chi connectivity index (χ3v) is 4.58. The molecule has 1 amide bonds. The van der Waals surface area contributed by atoms with Crippen molar-refractivity contribution in [1.29, 1.82) is 0 Å². The predicted molar refractivity (Wildman–Crippen MR) is 117 cm³/mol. The van der Waals surface area contributed by atoms with Crippen LogP contribution in [0.15, 0.2) is 30.5 Å². The number of hydrogen-bond acceptors (Lipinski definition) is 6. The Labute approximate surface area is 186 Å². The number of aromatic nitrogens is 1. The van der Waals surface area contributed by atoms with E-state index in [9.17, 15) is 9.59 Å². The van der Waals surface area contributed by atoms with E-state index in [2.05, 4.69) is 15.6 Å². The van der Waals surface area contributed by atoms with Crippen LogP contribution in [0.4, 0.5) is 10.5 Å². The number of nitrogens with zero attached hydrogens (tertiary/aromatic N) is 1. The van der Waals surface area contributed by atoms with Gasteiger partial charge in [-0.25, -0.2) is 14.6 Å². The zero-order valence-corrected chi connectivity index (χ0v) is 18.9. The van der Waals surface area contributed by atoms with E-state index in [-0.39, 0.29) is 18.0 Å². The van der Waals surface area contributed by atoms with Crippen LogP contribution in [0.5, 0.6) is 0 Å². The number of esters is 1. The minimum absolute atomic E-state index is 0.00402. The van der Waals surface area contributed by atoms with Crippen molar-refractivity contribution in [3.05, 3.63) is 57.3 Å². The quantitative estimate of drug-likeness (QED) is 0.559. The van der Waals surface area contributed by atoms with Crippen molar-refractivity contribution in [3.8, 4) is 0 Å². The Morgan fingerprint density at radius 3 is 2.57 bits per heavy atom. The van der Waals surface area contributed by atoms with Crippen molar-refractivity contribution in [2.75, 3.05) is 11.9 Å². The van der Waals surface area contributed by atoms with Crippen LogP contribution >= 0.6 is 23.2 Å². The van der Waals surface area contributed by atoms with E-state index in [1.54, 1.807) is 46.0 Å². The molecular formula is C21H25Cl2N3O4. The summed E-state index contributed by atoms with van der Waals surface area (Å²) in [5.74, 6) is -0.631. The van der Waals surface area contributed by atoms with E-state index in [4.69, 9.17) is 32.7 Å². The minimum atomic E-state index is -0.689. The molecule has 0 spiro atoms. The molecule has 0 radical (unpaired) electrons. The summed E-state index contributed by atoms with van der Waals surface area (Å²) in [5, 5.41) is 6.80. The predicted octanol–water partition coefficient (Wildman–Crippen LogP) is 5.20. The average molecular weight is 454 g/mol. The van der Waals surface area contributed by atoms with Crippen LogP contribution in [0.3, 0.4) is 0 Å². The van der Waals surface area contributed by atoms with Crippen molar-refractivity contribution >= 4 is 41.0 Å². The van der Waals surface area contributed by atoms with Gasteiger partial charge >= 0.3 is 12.1 Å². The van der Waals surface area contributed by atoms with Crippen LogP contribution in [0.25, 0.3) is 0 Å². The zero-order valence-electron chi connectivity index (χ0n) is 17.3. The number of amides is 1. The lowest BCUT2D eigenvalue weighted by Crippen LogP contribution is -2.28. The zero-order chi connectivity index (χ0) is 22.3. The second-order valence-electron chi connectivity index (χ2n) is 7.40. The van der Waals surface area contributed by atoms with E-state index in [1.165, 1.54) is 0 Å². The van der Waals surface area contributed by atoms with Gasteiger partial charge in [-0.15, -0.1) is 0 Å². The molecule has 2 N–H and O–H groups in total. The highest BCUT2D eigenvalue weighted by Gasteiger charge is 2.21. The Kier molecular flexibility index (Phi) is 8.46. The van der Waals surface area contributed by atoms with Crippen LogP contribution < -0.4 is 10.6 Å². The van der Waals surface area contributed by atoms with Gasteiger partial charge in [-0.2, -0.15) is 0 Å². The summed E-state index contributed by atoms with van der Waals surface area (Å²) >= 11 is 12.2. The Bertz CT molecular complexity index is 914. The number of nitrogens with one attached hydrogen (secondary N) is 2. The number of hydrogen-bond donors (Lipinski definition) is 2. The van der Waals surface area contributed by atoms with Gasteiger partial charge in [0.25, 0.3) is 0 Å². The van der Waals surface area contributed by atoms with E-state index in [1.807, 2.05) is 12.1 Å². The molecule has 0 aliphatic heterocycles. The lowest BCUT2D eigenvalue weighted by atomic mass is 10.2. The number of carbonyl (C=O) groups excluding carboxylic acids is 2. The molecule has 2 rings (SSSR count). The molecule has 7 nitrogen and oxygen atoms in total. The number of carbonyl (C=O) groups is 2. The highest BCUT2D eigenvalue weighted by molar-refractivity contribution is 6.42. The van der Waals surface area contributed by atoms with Crippen LogP contribution in [0.1, 0.15) is 49.3 Å². The van der Waals surface area contributed by atoms with Crippen LogP contribution in [-0.4, -0.2) is 29.3 Å². The summed E-state index contributed by atoms with van der Waals surface area (Å²) in [6.45, 7) is 8.03. The molecule has 9 heteroatoms. The van der Waals surface area contributed by atoms with Gasteiger partial charge in [0.2, 0.25) is 0 Å². The molecule has 0 unspecified atom stereocenters. The molecule has 0 saturated carbocycles. The fourth-order valence-corrected chi connectivity index (χ4v) is 2.89. The molecule has 0 bridgehead atoms.